The SMILES string of the molecule is C=CCN(C(=O)C1N([C@@H](CC)CO)C(=O)[C@@H]2[C@H](C(=O)N(CC=C)c3ccccc3)[C@H]3OC12CC3Br)c1ccc(N(CC)CC)cc1. The average molecular weight is 694 g/mol. The van der Waals surface area contributed by atoms with Crippen LogP contribution in [0.4, 0.5) is 17.1 Å². The van der Waals surface area contributed by atoms with Crippen LogP contribution in [0.15, 0.2) is 79.9 Å². The van der Waals surface area contributed by atoms with Crippen LogP contribution in [0.2, 0.25) is 0 Å². The van der Waals surface area contributed by atoms with Crippen molar-refractivity contribution in [3.8, 4) is 0 Å². The Labute approximate surface area is 280 Å². The summed E-state index contributed by atoms with van der Waals surface area (Å²) in [5.41, 5.74) is 1.15. The highest BCUT2D eigenvalue weighted by Gasteiger charge is 2.77. The summed E-state index contributed by atoms with van der Waals surface area (Å²) in [6.45, 7) is 15.7. The van der Waals surface area contributed by atoms with Gasteiger partial charge in [-0.2, -0.15) is 0 Å². The Hall–Kier alpha value is -3.47. The molecule has 3 heterocycles. The molecule has 0 aromatic heterocycles. The summed E-state index contributed by atoms with van der Waals surface area (Å²) in [5.74, 6) is -2.62. The van der Waals surface area contributed by atoms with E-state index in [0.717, 1.165) is 18.8 Å². The summed E-state index contributed by atoms with van der Waals surface area (Å²) in [5, 5.41) is 10.5. The predicted octanol–water partition coefficient (Wildman–Crippen LogP) is 4.79. The van der Waals surface area contributed by atoms with Gasteiger partial charge in [0, 0.05) is 48.1 Å². The number of hydrogen-bond acceptors (Lipinski definition) is 6. The molecule has 2 aromatic rings. The number of amides is 3. The van der Waals surface area contributed by atoms with Gasteiger partial charge in [-0.15, -0.1) is 13.2 Å². The molecule has 1 spiro atoms. The van der Waals surface area contributed by atoms with Gasteiger partial charge in [0.1, 0.15) is 11.6 Å². The maximum absolute atomic E-state index is 14.9. The van der Waals surface area contributed by atoms with E-state index in [4.69, 9.17) is 4.74 Å². The van der Waals surface area contributed by atoms with E-state index in [1.54, 1.807) is 22.0 Å². The van der Waals surface area contributed by atoms with Gasteiger partial charge < -0.3 is 29.4 Å². The molecule has 3 unspecified atom stereocenters. The van der Waals surface area contributed by atoms with Crippen molar-refractivity contribution >= 4 is 50.7 Å². The standard InChI is InChI=1S/C36H45BrN4O5/c1-6-20-39(26-14-12-11-13-15-26)33(43)29-30-34(44)41(24(8-3)23-42)32(36(30)22-28(37)31(29)46-36)35(45)40(21-7-2)27-18-16-25(17-19-27)38(9-4)10-5/h6-7,11-19,24,28-32,42H,1-2,8-10,20-23H2,3-5H3/t24-,28?,29-,30-,31-,32?,36?/m0/s1. The Morgan fingerprint density at radius 1 is 0.978 bits per heavy atom. The minimum absolute atomic E-state index is 0.212. The lowest BCUT2D eigenvalue weighted by Crippen LogP contribution is -2.59. The van der Waals surface area contributed by atoms with E-state index >= 15 is 0 Å². The number of ether oxygens (including phenoxy) is 1. The number of anilines is 3. The van der Waals surface area contributed by atoms with Crippen molar-refractivity contribution < 1.29 is 24.2 Å². The number of rotatable bonds is 14. The molecule has 0 aliphatic carbocycles. The minimum atomic E-state index is -1.26. The Bertz CT molecular complexity index is 1430. The summed E-state index contributed by atoms with van der Waals surface area (Å²) >= 11 is 3.77. The van der Waals surface area contributed by atoms with E-state index in [1.807, 2.05) is 61.5 Å². The van der Waals surface area contributed by atoms with Crippen LogP contribution in [0.25, 0.3) is 0 Å². The molecule has 246 valence electrons. The molecule has 7 atom stereocenters. The summed E-state index contributed by atoms with van der Waals surface area (Å²) in [6.07, 6.45) is 3.52. The van der Waals surface area contributed by atoms with Gasteiger partial charge in [-0.1, -0.05) is 53.2 Å². The maximum atomic E-state index is 14.9. The highest BCUT2D eigenvalue weighted by Crippen LogP contribution is 2.61. The zero-order chi connectivity index (χ0) is 33.2. The number of likely N-dealkylation sites (tertiary alicyclic amines) is 1. The van der Waals surface area contributed by atoms with Gasteiger partial charge in [0.25, 0.3) is 5.91 Å². The van der Waals surface area contributed by atoms with Crippen LogP contribution >= 0.6 is 15.9 Å². The third kappa shape index (κ3) is 5.58. The summed E-state index contributed by atoms with van der Waals surface area (Å²) < 4.78 is 6.77. The number of benzene rings is 2. The molecule has 46 heavy (non-hydrogen) atoms. The molecular weight excluding hydrogens is 648 g/mol. The van der Waals surface area contributed by atoms with Crippen LogP contribution in [0, 0.1) is 11.8 Å². The number of aliphatic hydroxyl groups excluding tert-OH is 1. The van der Waals surface area contributed by atoms with Crippen molar-refractivity contribution in [1.82, 2.24) is 4.90 Å². The number of aliphatic hydroxyl groups is 1. The largest absolute Gasteiger partial charge is 0.394 e. The van der Waals surface area contributed by atoms with Gasteiger partial charge in [-0.25, -0.2) is 0 Å². The number of para-hydroxylation sites is 1. The number of alkyl halides is 1. The molecule has 0 saturated carbocycles. The number of halogens is 1. The molecule has 2 aromatic carbocycles. The number of carbonyl (C=O) groups excluding carboxylic acids is 3. The van der Waals surface area contributed by atoms with Crippen LogP contribution in [-0.4, -0.2) is 89.1 Å². The Balaban J connectivity index is 1.58. The van der Waals surface area contributed by atoms with Crippen LogP contribution in [0.1, 0.15) is 33.6 Å². The van der Waals surface area contributed by atoms with E-state index in [1.165, 1.54) is 4.90 Å². The van der Waals surface area contributed by atoms with Crippen molar-refractivity contribution in [2.24, 2.45) is 11.8 Å². The van der Waals surface area contributed by atoms with Gasteiger partial charge >= 0.3 is 0 Å². The van der Waals surface area contributed by atoms with E-state index in [2.05, 4.69) is 47.8 Å². The van der Waals surface area contributed by atoms with Gasteiger partial charge in [0.05, 0.1) is 30.6 Å². The third-order valence-electron chi connectivity index (χ3n) is 9.83. The molecular formula is C36H45BrN4O5. The molecule has 5 rings (SSSR count). The number of carbonyl (C=O) groups is 3. The molecule has 3 fully saturated rings. The second kappa shape index (κ2) is 14.1. The Morgan fingerprint density at radius 3 is 2.09 bits per heavy atom. The summed E-state index contributed by atoms with van der Waals surface area (Å²) in [6, 6.07) is 15.4. The second-order valence-electron chi connectivity index (χ2n) is 12.2. The molecule has 3 aliphatic rings. The maximum Gasteiger partial charge on any atom is 0.253 e. The molecule has 1 N–H and O–H groups in total. The first-order valence-corrected chi connectivity index (χ1v) is 17.1. The second-order valence-corrected chi connectivity index (χ2v) is 13.3. The van der Waals surface area contributed by atoms with Crippen molar-refractivity contribution in [3.05, 3.63) is 79.9 Å². The van der Waals surface area contributed by atoms with Gasteiger partial charge in [-0.05, 0) is 63.1 Å². The quantitative estimate of drug-likeness (QED) is 0.226. The van der Waals surface area contributed by atoms with Gasteiger partial charge in [-0.3, -0.25) is 14.4 Å². The van der Waals surface area contributed by atoms with Crippen LogP contribution < -0.4 is 14.7 Å². The highest BCUT2D eigenvalue weighted by molar-refractivity contribution is 9.09. The molecule has 10 heteroatoms. The lowest BCUT2D eigenvalue weighted by atomic mass is 9.70. The number of hydrogen-bond donors (Lipinski definition) is 1. The van der Waals surface area contributed by atoms with Crippen LogP contribution in [-0.2, 0) is 19.1 Å². The first-order valence-electron chi connectivity index (χ1n) is 16.2. The van der Waals surface area contributed by atoms with E-state index in [9.17, 15) is 19.5 Å². The van der Waals surface area contributed by atoms with Crippen molar-refractivity contribution in [3.63, 3.8) is 0 Å². The molecule has 3 aliphatic heterocycles. The topological polar surface area (TPSA) is 93.6 Å². The lowest BCUT2D eigenvalue weighted by molar-refractivity contribution is -0.144. The average Bonchev–Trinajstić information content (AvgIpc) is 3.67. The summed E-state index contributed by atoms with van der Waals surface area (Å²) in [7, 11) is 0. The Morgan fingerprint density at radius 2 is 1.54 bits per heavy atom. The molecule has 3 amide bonds. The van der Waals surface area contributed by atoms with E-state index < -0.39 is 35.6 Å². The molecule has 2 bridgehead atoms. The zero-order valence-corrected chi connectivity index (χ0v) is 28.5. The van der Waals surface area contributed by atoms with Crippen molar-refractivity contribution in [1.29, 1.82) is 0 Å². The molecule has 3 saturated heterocycles. The predicted molar refractivity (Wildman–Crippen MR) is 185 cm³/mol. The van der Waals surface area contributed by atoms with Crippen LogP contribution in [0.5, 0.6) is 0 Å². The van der Waals surface area contributed by atoms with Crippen molar-refractivity contribution in [2.45, 2.75) is 62.2 Å². The van der Waals surface area contributed by atoms with Crippen molar-refractivity contribution in [2.75, 3.05) is 47.5 Å². The van der Waals surface area contributed by atoms with Gasteiger partial charge in [0.15, 0.2) is 0 Å². The first-order chi connectivity index (χ1) is 22.2. The zero-order valence-electron chi connectivity index (χ0n) is 26.9. The monoisotopic (exact) mass is 692 g/mol. The minimum Gasteiger partial charge on any atom is -0.394 e. The lowest BCUT2D eigenvalue weighted by Gasteiger charge is -2.39. The fraction of sp³-hybridized carbons (Fsp3) is 0.472. The summed E-state index contributed by atoms with van der Waals surface area (Å²) in [4.78, 5) is 50.8. The Kier molecular flexibility index (Phi) is 10.4. The van der Waals surface area contributed by atoms with E-state index in [0.29, 0.717) is 24.2 Å². The third-order valence-corrected chi connectivity index (χ3v) is 10.7. The fourth-order valence-corrected chi connectivity index (χ4v) is 8.65. The number of nitrogens with zero attached hydrogens (tertiary/aromatic N) is 4. The molecule has 9 nitrogen and oxygen atoms in total. The molecule has 0 radical (unpaired) electrons. The first kappa shape index (κ1) is 33.9. The smallest absolute Gasteiger partial charge is 0.253 e. The van der Waals surface area contributed by atoms with Crippen LogP contribution in [0.3, 0.4) is 0 Å². The van der Waals surface area contributed by atoms with Gasteiger partial charge in [0.2, 0.25) is 11.8 Å². The highest BCUT2D eigenvalue weighted by atomic mass is 79.9. The number of fused-ring (bicyclic) bond motifs is 1. The normalized spacial score (nSPS) is 26.8. The fourth-order valence-electron chi connectivity index (χ4n) is 7.71. The van der Waals surface area contributed by atoms with E-state index in [-0.39, 0.29) is 42.2 Å².